The summed E-state index contributed by atoms with van der Waals surface area (Å²) in [5, 5.41) is 2.89. The van der Waals surface area contributed by atoms with Crippen molar-refractivity contribution < 1.29 is 14.3 Å². The van der Waals surface area contributed by atoms with Gasteiger partial charge in [0.1, 0.15) is 12.4 Å². The second-order valence-electron chi connectivity index (χ2n) is 5.94. The van der Waals surface area contributed by atoms with Gasteiger partial charge >= 0.3 is 0 Å². The van der Waals surface area contributed by atoms with Crippen molar-refractivity contribution in [1.82, 2.24) is 10.3 Å². The molecule has 130 valence electrons. The Morgan fingerprint density at radius 2 is 2.04 bits per heavy atom. The molecule has 25 heavy (non-hydrogen) atoms. The number of benzene rings is 1. The molecule has 0 bridgehead atoms. The Bertz CT molecular complexity index is 794. The van der Waals surface area contributed by atoms with E-state index in [0.29, 0.717) is 5.75 Å². The number of ether oxygens (including phenoxy) is 1. The molecule has 1 aliphatic heterocycles. The predicted octanol–water partition coefficient (Wildman–Crippen LogP) is 1.66. The van der Waals surface area contributed by atoms with Crippen LogP contribution >= 0.6 is 0 Å². The molecule has 7 nitrogen and oxygen atoms in total. The smallest absolute Gasteiger partial charge is 0.269 e. The SMILES string of the molecule is CC1Oc2ccc(N)nc2N(CC(=O)NC(C)c2ccccc2)C1=O. The molecule has 7 heteroatoms. The van der Waals surface area contributed by atoms with Gasteiger partial charge in [0.2, 0.25) is 5.91 Å². The standard InChI is InChI=1S/C18H20N4O3/c1-11(13-6-4-3-5-7-13)20-16(23)10-22-17-14(8-9-15(19)21-17)25-12(2)18(22)24/h3-9,11-12H,10H2,1-2H3,(H2,19,21)(H,20,23). The second kappa shape index (κ2) is 6.80. The zero-order valence-corrected chi connectivity index (χ0v) is 14.1. The van der Waals surface area contributed by atoms with Crippen LogP contribution in [0, 0.1) is 0 Å². The highest BCUT2D eigenvalue weighted by atomic mass is 16.5. The van der Waals surface area contributed by atoms with E-state index in [4.69, 9.17) is 10.5 Å². The fourth-order valence-electron chi connectivity index (χ4n) is 2.71. The minimum atomic E-state index is -0.683. The van der Waals surface area contributed by atoms with Gasteiger partial charge in [0, 0.05) is 0 Å². The average molecular weight is 340 g/mol. The van der Waals surface area contributed by atoms with Crippen molar-refractivity contribution >= 4 is 23.5 Å². The fourth-order valence-corrected chi connectivity index (χ4v) is 2.71. The fraction of sp³-hybridized carbons (Fsp3) is 0.278. The van der Waals surface area contributed by atoms with Crippen molar-refractivity contribution in [3.05, 3.63) is 48.0 Å². The highest BCUT2D eigenvalue weighted by molar-refractivity contribution is 6.03. The molecule has 2 aromatic rings. The molecule has 2 unspecified atom stereocenters. The second-order valence-corrected chi connectivity index (χ2v) is 5.94. The number of amides is 2. The normalized spacial score (nSPS) is 17.4. The van der Waals surface area contributed by atoms with Gasteiger partial charge in [-0.25, -0.2) is 4.98 Å². The van der Waals surface area contributed by atoms with E-state index in [0.717, 1.165) is 5.56 Å². The largest absolute Gasteiger partial charge is 0.477 e. The predicted molar refractivity (Wildman–Crippen MR) is 94.1 cm³/mol. The first-order valence-electron chi connectivity index (χ1n) is 8.04. The Morgan fingerprint density at radius 1 is 1.32 bits per heavy atom. The number of nitrogen functional groups attached to an aromatic ring is 1. The Balaban J connectivity index is 1.76. The van der Waals surface area contributed by atoms with Gasteiger partial charge in [0.05, 0.1) is 6.04 Å². The molecule has 0 saturated heterocycles. The number of nitrogens with one attached hydrogen (secondary N) is 1. The number of carbonyl (C=O) groups is 2. The van der Waals surface area contributed by atoms with Crippen LogP contribution in [0.3, 0.4) is 0 Å². The van der Waals surface area contributed by atoms with Crippen LogP contribution in [0.4, 0.5) is 11.6 Å². The van der Waals surface area contributed by atoms with Gasteiger partial charge in [-0.1, -0.05) is 30.3 Å². The Hall–Kier alpha value is -3.09. The van der Waals surface area contributed by atoms with Crippen molar-refractivity contribution in [2.45, 2.75) is 26.0 Å². The van der Waals surface area contributed by atoms with Gasteiger partial charge < -0.3 is 15.8 Å². The third kappa shape index (κ3) is 3.55. The molecule has 2 atom stereocenters. The number of pyridine rings is 1. The first-order chi connectivity index (χ1) is 12.0. The maximum Gasteiger partial charge on any atom is 0.269 e. The summed E-state index contributed by atoms with van der Waals surface area (Å²) in [7, 11) is 0. The van der Waals surface area contributed by atoms with Crippen LogP contribution in [-0.4, -0.2) is 29.4 Å². The van der Waals surface area contributed by atoms with E-state index >= 15 is 0 Å². The van der Waals surface area contributed by atoms with Crippen LogP contribution in [-0.2, 0) is 9.59 Å². The van der Waals surface area contributed by atoms with Crippen LogP contribution in [0.15, 0.2) is 42.5 Å². The molecule has 0 saturated carbocycles. The van der Waals surface area contributed by atoms with E-state index in [-0.39, 0.29) is 36.0 Å². The Morgan fingerprint density at radius 3 is 2.76 bits per heavy atom. The first-order valence-corrected chi connectivity index (χ1v) is 8.04. The number of anilines is 2. The summed E-state index contributed by atoms with van der Waals surface area (Å²) in [6, 6.07) is 12.7. The number of hydrogen-bond acceptors (Lipinski definition) is 5. The lowest BCUT2D eigenvalue weighted by atomic mass is 10.1. The quantitative estimate of drug-likeness (QED) is 0.882. The summed E-state index contributed by atoms with van der Waals surface area (Å²) in [5.74, 6) is 0.352. The van der Waals surface area contributed by atoms with Crippen LogP contribution in [0.25, 0.3) is 0 Å². The van der Waals surface area contributed by atoms with Crippen molar-refractivity contribution in [2.24, 2.45) is 0 Å². The van der Waals surface area contributed by atoms with E-state index in [9.17, 15) is 9.59 Å². The van der Waals surface area contributed by atoms with Gasteiger partial charge in [-0.05, 0) is 31.5 Å². The topological polar surface area (TPSA) is 97.6 Å². The summed E-state index contributed by atoms with van der Waals surface area (Å²) in [6.07, 6.45) is -0.683. The summed E-state index contributed by atoms with van der Waals surface area (Å²) in [5.41, 5.74) is 6.69. The molecular weight excluding hydrogens is 320 g/mol. The highest BCUT2D eigenvalue weighted by Gasteiger charge is 2.34. The molecule has 0 spiro atoms. The van der Waals surface area contributed by atoms with E-state index in [1.165, 1.54) is 4.90 Å². The molecule has 0 radical (unpaired) electrons. The Kier molecular flexibility index (Phi) is 4.56. The van der Waals surface area contributed by atoms with E-state index in [2.05, 4.69) is 10.3 Å². The number of rotatable bonds is 4. The average Bonchev–Trinajstić information content (AvgIpc) is 2.60. The van der Waals surface area contributed by atoms with E-state index in [1.807, 2.05) is 37.3 Å². The van der Waals surface area contributed by atoms with Gasteiger partial charge in [0.15, 0.2) is 17.7 Å². The highest BCUT2D eigenvalue weighted by Crippen LogP contribution is 2.32. The number of nitrogens with two attached hydrogens (primary N) is 1. The zero-order chi connectivity index (χ0) is 18.0. The molecule has 0 fully saturated rings. The van der Waals surface area contributed by atoms with Gasteiger partial charge in [0.25, 0.3) is 5.91 Å². The number of carbonyl (C=O) groups excluding carboxylic acids is 2. The summed E-state index contributed by atoms with van der Waals surface area (Å²) in [6.45, 7) is 3.38. The molecule has 1 aromatic carbocycles. The third-order valence-corrected chi connectivity index (χ3v) is 4.01. The maximum absolute atomic E-state index is 12.4. The van der Waals surface area contributed by atoms with E-state index in [1.54, 1.807) is 19.1 Å². The van der Waals surface area contributed by atoms with Gasteiger partial charge in [-0.2, -0.15) is 0 Å². The molecular formula is C18H20N4O3. The lowest BCUT2D eigenvalue weighted by Gasteiger charge is -2.31. The van der Waals surface area contributed by atoms with Gasteiger partial charge in [-0.3, -0.25) is 14.5 Å². The van der Waals surface area contributed by atoms with E-state index < -0.39 is 6.10 Å². The van der Waals surface area contributed by atoms with Crippen LogP contribution in [0.5, 0.6) is 5.75 Å². The number of hydrogen-bond donors (Lipinski definition) is 2. The summed E-state index contributed by atoms with van der Waals surface area (Å²) >= 11 is 0. The molecule has 0 aliphatic carbocycles. The molecule has 2 amide bonds. The van der Waals surface area contributed by atoms with Crippen molar-refractivity contribution in [1.29, 1.82) is 0 Å². The Labute approximate surface area is 145 Å². The zero-order valence-electron chi connectivity index (χ0n) is 14.1. The number of nitrogens with zero attached hydrogens (tertiary/aromatic N) is 2. The van der Waals surface area contributed by atoms with Crippen molar-refractivity contribution in [3.63, 3.8) is 0 Å². The monoisotopic (exact) mass is 340 g/mol. The van der Waals surface area contributed by atoms with Crippen LogP contribution < -0.4 is 20.7 Å². The number of fused-ring (bicyclic) bond motifs is 1. The van der Waals surface area contributed by atoms with Crippen LogP contribution in [0.1, 0.15) is 25.5 Å². The lowest BCUT2D eigenvalue weighted by molar-refractivity contribution is -0.128. The molecule has 1 aromatic heterocycles. The molecule has 3 N–H and O–H groups in total. The third-order valence-electron chi connectivity index (χ3n) is 4.01. The van der Waals surface area contributed by atoms with Crippen molar-refractivity contribution in [3.8, 4) is 5.75 Å². The number of aromatic nitrogens is 1. The molecule has 2 heterocycles. The minimum Gasteiger partial charge on any atom is -0.477 e. The van der Waals surface area contributed by atoms with Crippen molar-refractivity contribution in [2.75, 3.05) is 17.2 Å². The lowest BCUT2D eigenvalue weighted by Crippen LogP contribution is -2.49. The first kappa shape index (κ1) is 16.8. The minimum absolute atomic E-state index is 0.146. The molecule has 1 aliphatic rings. The molecule has 3 rings (SSSR count). The van der Waals surface area contributed by atoms with Gasteiger partial charge in [-0.15, -0.1) is 0 Å². The summed E-state index contributed by atoms with van der Waals surface area (Å²) in [4.78, 5) is 30.3. The summed E-state index contributed by atoms with van der Waals surface area (Å²) < 4.78 is 5.52. The van der Waals surface area contributed by atoms with Crippen LogP contribution in [0.2, 0.25) is 0 Å². The maximum atomic E-state index is 12.4.